The van der Waals surface area contributed by atoms with Crippen molar-refractivity contribution < 1.29 is 37.0 Å². The van der Waals surface area contributed by atoms with E-state index in [1.807, 2.05) is 16.9 Å². The maximum absolute atomic E-state index is 12.5. The minimum Gasteiger partial charge on any atom is -0.497 e. The molecule has 2 N–H and O–H groups in total. The first-order valence-corrected chi connectivity index (χ1v) is 10.2. The molecule has 9 nitrogen and oxygen atoms in total. The van der Waals surface area contributed by atoms with Crippen LogP contribution in [0.15, 0.2) is 51.8 Å². The number of ketones is 1. The zero-order valence-electron chi connectivity index (χ0n) is 16.2. The van der Waals surface area contributed by atoms with E-state index < -0.39 is 28.3 Å². The van der Waals surface area contributed by atoms with E-state index >= 15 is 0 Å². The van der Waals surface area contributed by atoms with Crippen molar-refractivity contribution in [1.29, 1.82) is 0 Å². The molecule has 1 aromatic heterocycles. The molecule has 10 heteroatoms. The van der Waals surface area contributed by atoms with Gasteiger partial charge in [-0.05, 0) is 35.9 Å². The number of fused-ring (bicyclic) bond motifs is 1. The average molecular weight is 433 g/mol. The van der Waals surface area contributed by atoms with Crippen LogP contribution < -0.4 is 14.2 Å². The number of aliphatic carboxylic acids is 1. The number of carboxylic acid groups (broad SMARTS) is 1. The maximum Gasteiger partial charge on any atom is 0.318 e. The number of benzene rings is 2. The summed E-state index contributed by atoms with van der Waals surface area (Å²) in [7, 11) is -2.60. The van der Waals surface area contributed by atoms with Crippen LogP contribution in [0.5, 0.6) is 11.5 Å². The molecule has 0 radical (unpaired) electrons. The smallest absolute Gasteiger partial charge is 0.318 e. The highest BCUT2D eigenvalue weighted by atomic mass is 32.2. The van der Waals surface area contributed by atoms with Gasteiger partial charge in [-0.25, -0.2) is 8.42 Å². The van der Waals surface area contributed by atoms with Crippen molar-refractivity contribution in [2.75, 3.05) is 13.7 Å². The van der Waals surface area contributed by atoms with Crippen molar-refractivity contribution in [3.05, 3.63) is 53.8 Å². The van der Waals surface area contributed by atoms with Crippen molar-refractivity contribution in [3.8, 4) is 11.5 Å². The van der Waals surface area contributed by atoms with Gasteiger partial charge in [-0.2, -0.15) is 4.72 Å². The zero-order valence-corrected chi connectivity index (χ0v) is 17.0. The molecule has 1 heterocycles. The highest BCUT2D eigenvalue weighted by Gasteiger charge is 2.24. The van der Waals surface area contributed by atoms with Gasteiger partial charge in [0.25, 0.3) is 0 Å². The molecule has 0 saturated heterocycles. The third-order valence-corrected chi connectivity index (χ3v) is 5.67. The molecule has 3 aromatic rings. The van der Waals surface area contributed by atoms with E-state index in [-0.39, 0.29) is 34.0 Å². The quantitative estimate of drug-likeness (QED) is 0.492. The largest absolute Gasteiger partial charge is 0.497 e. The Morgan fingerprint density at radius 3 is 2.43 bits per heavy atom. The Morgan fingerprint density at radius 2 is 1.83 bits per heavy atom. The van der Waals surface area contributed by atoms with Crippen LogP contribution in [0.4, 0.5) is 0 Å². The number of ether oxygens (including phenoxy) is 2. The molecular weight excluding hydrogens is 414 g/mol. The van der Waals surface area contributed by atoms with E-state index in [1.165, 1.54) is 25.1 Å². The number of carbonyl (C=O) groups excluding carboxylic acids is 1. The van der Waals surface area contributed by atoms with Crippen LogP contribution in [-0.2, 0) is 21.4 Å². The number of methoxy groups -OCH3 is 1. The number of hydrogen-bond donors (Lipinski definition) is 2. The van der Waals surface area contributed by atoms with Gasteiger partial charge in [0, 0.05) is 12.3 Å². The number of Topliss-reactive ketones (excluding diaryl/α,β-unsaturated/α-hetero) is 1. The Balaban J connectivity index is 1.97. The molecule has 0 unspecified atom stereocenters. The summed E-state index contributed by atoms with van der Waals surface area (Å²) in [5, 5.41) is 8.87. The molecule has 30 heavy (non-hydrogen) atoms. The van der Waals surface area contributed by atoms with E-state index in [4.69, 9.17) is 19.0 Å². The van der Waals surface area contributed by atoms with Gasteiger partial charge < -0.3 is 19.0 Å². The van der Waals surface area contributed by atoms with Gasteiger partial charge in [0.1, 0.15) is 18.9 Å². The summed E-state index contributed by atoms with van der Waals surface area (Å²) in [6, 6.07) is 11.1. The second kappa shape index (κ2) is 8.56. The molecule has 0 aliphatic carbocycles. The predicted octanol–water partition coefficient (Wildman–Crippen LogP) is 2.59. The van der Waals surface area contributed by atoms with Gasteiger partial charge in [0.15, 0.2) is 22.9 Å². The molecule has 0 fully saturated rings. The molecule has 0 amide bonds. The number of furan rings is 1. The predicted molar refractivity (Wildman–Crippen MR) is 106 cm³/mol. The molecule has 0 saturated carbocycles. The molecule has 0 spiro atoms. The summed E-state index contributed by atoms with van der Waals surface area (Å²) in [4.78, 5) is 22.3. The van der Waals surface area contributed by atoms with Gasteiger partial charge >= 0.3 is 5.97 Å². The summed E-state index contributed by atoms with van der Waals surface area (Å²) in [5.41, 5.74) is 0.911. The Bertz CT molecular complexity index is 1200. The lowest BCUT2D eigenvalue weighted by Gasteiger charge is -2.10. The first-order chi connectivity index (χ1) is 14.2. The number of carboxylic acids is 1. The lowest BCUT2D eigenvalue weighted by Crippen LogP contribution is -2.29. The first-order valence-electron chi connectivity index (χ1n) is 8.76. The lowest BCUT2D eigenvalue weighted by molar-refractivity contribution is -0.135. The number of carbonyl (C=O) groups is 2. The molecule has 0 aliphatic rings. The van der Waals surface area contributed by atoms with Crippen LogP contribution in [0.2, 0.25) is 0 Å². The molecule has 158 valence electrons. The lowest BCUT2D eigenvalue weighted by atomic mass is 10.2. The van der Waals surface area contributed by atoms with Crippen LogP contribution in [0.3, 0.4) is 0 Å². The zero-order chi connectivity index (χ0) is 21.9. The Morgan fingerprint density at radius 1 is 1.13 bits per heavy atom. The van der Waals surface area contributed by atoms with Crippen molar-refractivity contribution >= 4 is 32.7 Å². The third kappa shape index (κ3) is 4.61. The van der Waals surface area contributed by atoms with Gasteiger partial charge in [0.2, 0.25) is 10.0 Å². The van der Waals surface area contributed by atoms with Gasteiger partial charge in [0.05, 0.1) is 12.0 Å². The van der Waals surface area contributed by atoms with Crippen LogP contribution >= 0.6 is 0 Å². The number of rotatable bonds is 9. The molecule has 0 bridgehead atoms. The van der Waals surface area contributed by atoms with E-state index in [1.54, 1.807) is 19.2 Å². The van der Waals surface area contributed by atoms with E-state index in [2.05, 4.69) is 0 Å². The summed E-state index contributed by atoms with van der Waals surface area (Å²) in [5.74, 6) is -0.826. The normalized spacial score (nSPS) is 11.4. The summed E-state index contributed by atoms with van der Waals surface area (Å²) in [6.07, 6.45) is 0. The van der Waals surface area contributed by atoms with Crippen molar-refractivity contribution in [2.24, 2.45) is 0 Å². The van der Waals surface area contributed by atoms with E-state index in [0.717, 1.165) is 5.56 Å². The minimum absolute atomic E-state index is 0.0415. The monoisotopic (exact) mass is 433 g/mol. The molecule has 3 rings (SSSR count). The van der Waals surface area contributed by atoms with Crippen LogP contribution in [0.1, 0.15) is 23.0 Å². The molecule has 0 aliphatic heterocycles. The standard InChI is InChI=1S/C20H19NO8S/c1-12(22)17-9-15-18(30(25,26)21-10-19(23)24)8-7-16(20(15)29-17)28-11-13-3-5-14(27-2)6-4-13/h3-9,21H,10-11H2,1-2H3,(H,23,24). The topological polar surface area (TPSA) is 132 Å². The fourth-order valence-corrected chi connectivity index (χ4v) is 3.87. The summed E-state index contributed by atoms with van der Waals surface area (Å²) >= 11 is 0. The Hall–Kier alpha value is -3.37. The fourth-order valence-electron chi connectivity index (χ4n) is 2.71. The van der Waals surface area contributed by atoms with Gasteiger partial charge in [-0.1, -0.05) is 12.1 Å². The van der Waals surface area contributed by atoms with Crippen LogP contribution in [0.25, 0.3) is 11.0 Å². The van der Waals surface area contributed by atoms with Crippen LogP contribution in [-0.4, -0.2) is 38.9 Å². The van der Waals surface area contributed by atoms with Gasteiger partial charge in [-0.3, -0.25) is 9.59 Å². The first kappa shape index (κ1) is 21.3. The minimum atomic E-state index is -4.16. The third-order valence-electron chi connectivity index (χ3n) is 4.21. The van der Waals surface area contributed by atoms with E-state index in [0.29, 0.717) is 5.75 Å². The molecule has 0 atom stereocenters. The Labute approximate surface area is 172 Å². The average Bonchev–Trinajstić information content (AvgIpc) is 3.16. The number of nitrogens with one attached hydrogen (secondary N) is 1. The Kier molecular flexibility index (Phi) is 6.09. The molecule has 2 aromatic carbocycles. The number of hydrogen-bond acceptors (Lipinski definition) is 7. The second-order valence-corrected chi connectivity index (χ2v) is 8.06. The van der Waals surface area contributed by atoms with Crippen LogP contribution in [0, 0.1) is 0 Å². The van der Waals surface area contributed by atoms with E-state index in [9.17, 15) is 18.0 Å². The van der Waals surface area contributed by atoms with Crippen molar-refractivity contribution in [1.82, 2.24) is 4.72 Å². The van der Waals surface area contributed by atoms with Crippen molar-refractivity contribution in [3.63, 3.8) is 0 Å². The van der Waals surface area contributed by atoms with Crippen molar-refractivity contribution in [2.45, 2.75) is 18.4 Å². The SMILES string of the molecule is COc1ccc(COc2ccc(S(=O)(=O)NCC(=O)O)c3cc(C(C)=O)oc23)cc1. The second-order valence-electron chi connectivity index (χ2n) is 6.33. The molecular formula is C20H19NO8S. The fraction of sp³-hybridized carbons (Fsp3) is 0.200. The summed E-state index contributed by atoms with van der Waals surface area (Å²) < 4.78 is 43.5. The van der Waals surface area contributed by atoms with Gasteiger partial charge in [-0.15, -0.1) is 0 Å². The summed E-state index contributed by atoms with van der Waals surface area (Å²) in [6.45, 7) is 0.669. The maximum atomic E-state index is 12.5. The highest BCUT2D eigenvalue weighted by molar-refractivity contribution is 7.89. The highest BCUT2D eigenvalue weighted by Crippen LogP contribution is 2.34. The number of sulfonamides is 1.